The summed E-state index contributed by atoms with van der Waals surface area (Å²) in [5, 5.41) is 16.1. The standard InChI is InChI=1S/C46H63N5O4/c1-29(2)30(3)41(4)20-21-43(6)33-14-15-36-42(5)25-54-27-46(36,34(33)16-19-44(43,7)37(41)40(52)53)24-35(51-39(49-28-50-51)31-17-22-48-23-18-31)38(42)55-26-45(8,47)32-12-10-9-11-13-32/h9-13,16-18,22-23,28-30,33,35-38H,14-15,19-21,24-27,47H2,1-8H3,(H,52,53)/t30-,33+,35-,36+,37-,38+,41-,42-,43-,44+,45+,46+/m1/s1. The zero-order chi connectivity index (χ0) is 39.2. The van der Waals surface area contributed by atoms with Crippen molar-refractivity contribution in [2.75, 3.05) is 19.8 Å². The van der Waals surface area contributed by atoms with E-state index in [1.54, 1.807) is 18.7 Å². The van der Waals surface area contributed by atoms with Crippen LogP contribution >= 0.6 is 0 Å². The van der Waals surface area contributed by atoms with Crippen molar-refractivity contribution in [3.63, 3.8) is 0 Å². The molecular weight excluding hydrogens is 687 g/mol. The lowest BCUT2D eigenvalue weighted by atomic mass is 9.34. The number of nitrogens with zero attached hydrogens (tertiary/aromatic N) is 4. The van der Waals surface area contributed by atoms with Gasteiger partial charge in [0.2, 0.25) is 0 Å². The van der Waals surface area contributed by atoms with Crippen molar-refractivity contribution >= 4 is 5.97 Å². The molecule has 5 aliphatic rings. The van der Waals surface area contributed by atoms with Gasteiger partial charge < -0.3 is 20.3 Å². The average Bonchev–Trinajstić information content (AvgIpc) is 3.65. The Labute approximate surface area is 327 Å². The molecule has 3 aromatic rings. The third-order valence-corrected chi connectivity index (χ3v) is 16.9. The van der Waals surface area contributed by atoms with Crippen molar-refractivity contribution in [3.8, 4) is 11.4 Å². The predicted molar refractivity (Wildman–Crippen MR) is 214 cm³/mol. The lowest BCUT2D eigenvalue weighted by Crippen LogP contribution is -2.69. The molecule has 0 radical (unpaired) electrons. The van der Waals surface area contributed by atoms with Crippen molar-refractivity contribution in [1.82, 2.24) is 19.7 Å². The van der Waals surface area contributed by atoms with E-state index in [9.17, 15) is 9.90 Å². The summed E-state index contributed by atoms with van der Waals surface area (Å²) in [6.45, 7) is 19.9. The Bertz CT molecular complexity index is 1930. The molecule has 4 aliphatic carbocycles. The van der Waals surface area contributed by atoms with E-state index in [0.29, 0.717) is 37.6 Å². The number of carbonyl (C=O) groups is 1. The third-order valence-electron chi connectivity index (χ3n) is 16.9. The SMILES string of the molecule is CC(C)[C@@H](C)[C@@]1(C)CC[C@]2(C)[C@H]3CC[C@@H]4[C@@]5(COC[C@@]4(C)[C@@H](OC[C@](C)(N)c4ccccc4)[C@H](n4ncnc4-c4ccncc4)C5)C3=CC[C@@]2(C)[C@@H]1C(=O)O. The topological polar surface area (TPSA) is 125 Å². The number of carboxylic acid groups (broad SMARTS) is 1. The Morgan fingerprint density at radius 3 is 2.45 bits per heavy atom. The van der Waals surface area contributed by atoms with Crippen LogP contribution in [0.3, 0.4) is 0 Å². The second kappa shape index (κ2) is 13.3. The zero-order valence-corrected chi connectivity index (χ0v) is 34.3. The lowest BCUT2D eigenvalue weighted by Gasteiger charge is -2.71. The van der Waals surface area contributed by atoms with Gasteiger partial charge in [-0.25, -0.2) is 9.67 Å². The summed E-state index contributed by atoms with van der Waals surface area (Å²) in [6.07, 6.45) is 13.2. The number of allylic oxidation sites excluding steroid dienone is 1. The quantitative estimate of drug-likeness (QED) is 0.208. The molecule has 0 spiro atoms. The van der Waals surface area contributed by atoms with E-state index in [1.807, 2.05) is 30.3 Å². The molecule has 12 atom stereocenters. The van der Waals surface area contributed by atoms with Gasteiger partial charge >= 0.3 is 5.97 Å². The smallest absolute Gasteiger partial charge is 0.307 e. The number of rotatable bonds is 9. The number of hydrogen-bond donors (Lipinski definition) is 2. The minimum Gasteiger partial charge on any atom is -0.481 e. The normalized spacial score (nSPS) is 39.9. The first kappa shape index (κ1) is 38.5. The van der Waals surface area contributed by atoms with Gasteiger partial charge in [0.05, 0.1) is 43.4 Å². The fraction of sp³-hybridized carbons (Fsp3) is 0.652. The van der Waals surface area contributed by atoms with E-state index in [0.717, 1.165) is 55.5 Å². The minimum atomic E-state index is -0.700. The van der Waals surface area contributed by atoms with Crippen LogP contribution in [0, 0.1) is 56.7 Å². The van der Waals surface area contributed by atoms with Gasteiger partial charge in [0.25, 0.3) is 0 Å². The molecule has 9 nitrogen and oxygen atoms in total. The Morgan fingerprint density at radius 2 is 1.76 bits per heavy atom. The number of fused-ring (bicyclic) bond motifs is 3. The number of hydrogen-bond acceptors (Lipinski definition) is 7. The van der Waals surface area contributed by atoms with Gasteiger partial charge in [0.15, 0.2) is 5.82 Å². The second-order valence-corrected chi connectivity index (χ2v) is 19.9. The molecule has 1 saturated heterocycles. The van der Waals surface area contributed by atoms with E-state index in [-0.39, 0.29) is 45.1 Å². The highest BCUT2D eigenvalue weighted by Crippen LogP contribution is 2.75. The Kier molecular flexibility index (Phi) is 9.33. The first-order chi connectivity index (χ1) is 26.0. The highest BCUT2D eigenvalue weighted by Gasteiger charge is 2.72. The highest BCUT2D eigenvalue weighted by molar-refractivity contribution is 5.73. The Balaban J connectivity index is 1.24. The molecule has 1 aliphatic heterocycles. The molecule has 2 bridgehead atoms. The maximum atomic E-state index is 13.6. The number of aromatic nitrogens is 4. The highest BCUT2D eigenvalue weighted by atomic mass is 16.5. The second-order valence-electron chi connectivity index (χ2n) is 19.9. The molecule has 1 aromatic carbocycles. The van der Waals surface area contributed by atoms with Crippen LogP contribution in [0.1, 0.15) is 106 Å². The Morgan fingerprint density at radius 1 is 1.04 bits per heavy atom. The van der Waals surface area contributed by atoms with Crippen LogP contribution in [0.2, 0.25) is 0 Å². The summed E-state index contributed by atoms with van der Waals surface area (Å²) in [6, 6.07) is 14.1. The molecule has 4 fully saturated rings. The van der Waals surface area contributed by atoms with Gasteiger partial charge in [0.1, 0.15) is 6.33 Å². The van der Waals surface area contributed by atoms with E-state index >= 15 is 0 Å². The van der Waals surface area contributed by atoms with Crippen LogP contribution in [0.25, 0.3) is 11.4 Å². The van der Waals surface area contributed by atoms with Crippen LogP contribution in [-0.2, 0) is 19.8 Å². The largest absolute Gasteiger partial charge is 0.481 e. The number of pyridine rings is 1. The first-order valence-electron chi connectivity index (χ1n) is 20.8. The number of benzene rings is 1. The van der Waals surface area contributed by atoms with Crippen LogP contribution in [0.5, 0.6) is 0 Å². The van der Waals surface area contributed by atoms with Gasteiger partial charge in [-0.3, -0.25) is 9.78 Å². The summed E-state index contributed by atoms with van der Waals surface area (Å²) in [5.41, 5.74) is 8.44. The molecule has 0 amide bonds. The maximum absolute atomic E-state index is 13.6. The summed E-state index contributed by atoms with van der Waals surface area (Å²) in [5.74, 6) is 1.05. The fourth-order valence-corrected chi connectivity index (χ4v) is 13.5. The van der Waals surface area contributed by atoms with E-state index in [4.69, 9.17) is 25.3 Å². The lowest BCUT2D eigenvalue weighted by molar-refractivity contribution is -0.252. The predicted octanol–water partition coefficient (Wildman–Crippen LogP) is 8.73. The first-order valence-corrected chi connectivity index (χ1v) is 20.8. The third kappa shape index (κ3) is 5.56. The molecule has 8 rings (SSSR count). The number of ether oxygens (including phenoxy) is 2. The van der Waals surface area contributed by atoms with Crippen molar-refractivity contribution in [2.24, 2.45) is 62.4 Å². The fourth-order valence-electron chi connectivity index (χ4n) is 13.5. The molecule has 3 heterocycles. The molecule has 3 saturated carbocycles. The van der Waals surface area contributed by atoms with Crippen molar-refractivity contribution in [2.45, 2.75) is 112 Å². The van der Waals surface area contributed by atoms with Gasteiger partial charge in [-0.1, -0.05) is 90.4 Å². The van der Waals surface area contributed by atoms with Crippen LogP contribution in [0.15, 0.2) is 72.8 Å². The molecule has 55 heavy (non-hydrogen) atoms. The minimum absolute atomic E-state index is 0.142. The number of aliphatic carboxylic acids is 1. The molecule has 296 valence electrons. The number of carboxylic acids is 1. The monoisotopic (exact) mass is 749 g/mol. The van der Waals surface area contributed by atoms with E-state index in [2.05, 4.69) is 83.3 Å². The van der Waals surface area contributed by atoms with Gasteiger partial charge in [-0.2, -0.15) is 5.10 Å². The summed E-state index contributed by atoms with van der Waals surface area (Å²) in [4.78, 5) is 22.7. The van der Waals surface area contributed by atoms with Crippen LogP contribution in [-0.4, -0.2) is 56.7 Å². The molecular formula is C46H63N5O4. The zero-order valence-electron chi connectivity index (χ0n) is 34.3. The molecule has 3 N–H and O–H groups in total. The van der Waals surface area contributed by atoms with Crippen LogP contribution in [0.4, 0.5) is 0 Å². The average molecular weight is 750 g/mol. The van der Waals surface area contributed by atoms with Crippen molar-refractivity contribution in [1.29, 1.82) is 0 Å². The van der Waals surface area contributed by atoms with Crippen molar-refractivity contribution in [3.05, 3.63) is 78.4 Å². The van der Waals surface area contributed by atoms with Gasteiger partial charge in [-0.15, -0.1) is 0 Å². The number of nitrogens with two attached hydrogens (primary N) is 1. The van der Waals surface area contributed by atoms with E-state index < -0.39 is 17.4 Å². The van der Waals surface area contributed by atoms with Gasteiger partial charge in [0, 0.05) is 28.8 Å². The van der Waals surface area contributed by atoms with Gasteiger partial charge in [-0.05, 0) is 103 Å². The Hall–Kier alpha value is -3.40. The summed E-state index contributed by atoms with van der Waals surface area (Å²) >= 11 is 0. The van der Waals surface area contributed by atoms with E-state index in [1.165, 1.54) is 5.57 Å². The molecule has 2 aromatic heterocycles. The molecule has 9 heteroatoms. The molecule has 0 unspecified atom stereocenters. The van der Waals surface area contributed by atoms with Crippen molar-refractivity contribution < 1.29 is 19.4 Å². The summed E-state index contributed by atoms with van der Waals surface area (Å²) < 4.78 is 16.2. The summed E-state index contributed by atoms with van der Waals surface area (Å²) in [7, 11) is 0. The van der Waals surface area contributed by atoms with Crippen LogP contribution < -0.4 is 5.73 Å². The maximum Gasteiger partial charge on any atom is 0.307 e.